The largest absolute Gasteiger partial charge is 0.497 e. The van der Waals surface area contributed by atoms with Crippen LogP contribution in [0.2, 0.25) is 0 Å². The number of benzene rings is 1. The van der Waals surface area contributed by atoms with Gasteiger partial charge in [-0.3, -0.25) is 0 Å². The van der Waals surface area contributed by atoms with Gasteiger partial charge in [0, 0.05) is 5.56 Å². The molecule has 0 saturated heterocycles. The third kappa shape index (κ3) is 2.98. The maximum atomic E-state index is 10.9. The topological polar surface area (TPSA) is 62.5 Å². The fraction of sp³-hybridized carbons (Fsp3) is 0.588. The van der Waals surface area contributed by atoms with Crippen LogP contribution < -0.4 is 9.47 Å². The van der Waals surface area contributed by atoms with Gasteiger partial charge in [0.05, 0.1) is 25.7 Å². The second-order valence-electron chi connectivity index (χ2n) is 5.96. The highest BCUT2D eigenvalue weighted by atomic mass is 16.5. The van der Waals surface area contributed by atoms with E-state index in [1.54, 1.807) is 32.4 Å². The Morgan fingerprint density at radius 2 is 1.95 bits per heavy atom. The van der Waals surface area contributed by atoms with Crippen molar-refractivity contribution in [2.24, 2.45) is 11.3 Å². The van der Waals surface area contributed by atoms with Crippen molar-refractivity contribution in [3.05, 3.63) is 23.8 Å². The first kappa shape index (κ1) is 15.7. The SMILES string of the molecule is COc1ccc(OC)c(C(O)C2(C#N)CCC(C)CC2)c1. The Morgan fingerprint density at radius 3 is 2.48 bits per heavy atom. The second kappa shape index (κ2) is 6.36. The molecule has 0 radical (unpaired) electrons. The van der Waals surface area contributed by atoms with Gasteiger partial charge in [0.1, 0.15) is 17.6 Å². The monoisotopic (exact) mass is 289 g/mol. The molecule has 1 unspecified atom stereocenters. The Labute approximate surface area is 126 Å². The first-order valence-corrected chi connectivity index (χ1v) is 7.37. The predicted octanol–water partition coefficient (Wildman–Crippen LogP) is 3.46. The number of nitrogens with zero attached hydrogens (tertiary/aromatic N) is 1. The molecule has 0 bridgehead atoms. The van der Waals surface area contributed by atoms with Gasteiger partial charge in [0.15, 0.2) is 0 Å². The van der Waals surface area contributed by atoms with Gasteiger partial charge in [-0.05, 0) is 49.8 Å². The number of aliphatic hydroxyl groups is 1. The zero-order valence-electron chi connectivity index (χ0n) is 12.9. The van der Waals surface area contributed by atoms with E-state index in [9.17, 15) is 10.4 Å². The normalized spacial score (nSPS) is 26.7. The van der Waals surface area contributed by atoms with Crippen LogP contribution in [0, 0.1) is 22.7 Å². The molecule has 1 aromatic rings. The summed E-state index contributed by atoms with van der Waals surface area (Å²) in [5.74, 6) is 1.87. The smallest absolute Gasteiger partial charge is 0.124 e. The maximum Gasteiger partial charge on any atom is 0.124 e. The van der Waals surface area contributed by atoms with Gasteiger partial charge < -0.3 is 14.6 Å². The molecule has 1 N–H and O–H groups in total. The van der Waals surface area contributed by atoms with Crippen molar-refractivity contribution in [3.63, 3.8) is 0 Å². The summed E-state index contributed by atoms with van der Waals surface area (Å²) in [4.78, 5) is 0. The van der Waals surface area contributed by atoms with Crippen molar-refractivity contribution < 1.29 is 14.6 Å². The highest BCUT2D eigenvalue weighted by molar-refractivity contribution is 5.43. The Balaban J connectivity index is 2.37. The number of methoxy groups -OCH3 is 2. The quantitative estimate of drug-likeness (QED) is 0.922. The predicted molar refractivity (Wildman–Crippen MR) is 80.2 cm³/mol. The molecule has 2 rings (SSSR count). The Morgan fingerprint density at radius 1 is 1.29 bits per heavy atom. The van der Waals surface area contributed by atoms with Gasteiger partial charge in [0.2, 0.25) is 0 Å². The van der Waals surface area contributed by atoms with Gasteiger partial charge in [-0.25, -0.2) is 0 Å². The average molecular weight is 289 g/mol. The second-order valence-corrected chi connectivity index (χ2v) is 5.96. The van der Waals surface area contributed by atoms with Crippen LogP contribution in [0.5, 0.6) is 11.5 Å². The molecule has 0 aromatic heterocycles. The van der Waals surface area contributed by atoms with Gasteiger partial charge in [-0.1, -0.05) is 6.92 Å². The van der Waals surface area contributed by atoms with Gasteiger partial charge >= 0.3 is 0 Å². The van der Waals surface area contributed by atoms with Crippen LogP contribution in [0.3, 0.4) is 0 Å². The standard InChI is InChI=1S/C17H23NO3/c1-12-6-8-17(11-18,9-7-12)16(19)14-10-13(20-2)4-5-15(14)21-3/h4-5,10,12,16,19H,6-9H2,1-3H3. The summed E-state index contributed by atoms with van der Waals surface area (Å²) in [6, 6.07) is 7.70. The summed E-state index contributed by atoms with van der Waals surface area (Å²) >= 11 is 0. The number of aliphatic hydroxyl groups excluding tert-OH is 1. The number of hydrogen-bond acceptors (Lipinski definition) is 4. The van der Waals surface area contributed by atoms with Gasteiger partial charge in [0.25, 0.3) is 0 Å². The summed E-state index contributed by atoms with van der Waals surface area (Å²) < 4.78 is 10.6. The summed E-state index contributed by atoms with van der Waals surface area (Å²) in [6.45, 7) is 2.19. The minimum absolute atomic E-state index is 0.594. The zero-order chi connectivity index (χ0) is 15.5. The van der Waals surface area contributed by atoms with E-state index in [0.717, 1.165) is 12.8 Å². The molecule has 1 aromatic carbocycles. The summed E-state index contributed by atoms with van der Waals surface area (Å²) in [5, 5.41) is 20.5. The molecule has 114 valence electrons. The van der Waals surface area contributed by atoms with Crippen LogP contribution in [0.1, 0.15) is 44.3 Å². The fourth-order valence-electron chi connectivity index (χ4n) is 3.07. The minimum Gasteiger partial charge on any atom is -0.497 e. The van der Waals surface area contributed by atoms with Crippen LogP contribution >= 0.6 is 0 Å². The summed E-state index contributed by atoms with van der Waals surface area (Å²) in [5.41, 5.74) is -0.0976. The van der Waals surface area contributed by atoms with Crippen LogP contribution in [-0.4, -0.2) is 19.3 Å². The average Bonchev–Trinajstić information content (AvgIpc) is 2.54. The van der Waals surface area contributed by atoms with Crippen molar-refractivity contribution in [1.82, 2.24) is 0 Å². The Bertz CT molecular complexity index is 527. The molecule has 1 aliphatic rings. The van der Waals surface area contributed by atoms with E-state index < -0.39 is 11.5 Å². The van der Waals surface area contributed by atoms with Gasteiger partial charge in [-0.2, -0.15) is 5.26 Å². The molecule has 1 fully saturated rings. The Hall–Kier alpha value is -1.73. The highest BCUT2D eigenvalue weighted by Crippen LogP contribution is 2.49. The number of hydrogen-bond donors (Lipinski definition) is 1. The van der Waals surface area contributed by atoms with Crippen molar-refractivity contribution in [2.75, 3.05) is 14.2 Å². The maximum absolute atomic E-state index is 10.9. The van der Waals surface area contributed by atoms with Gasteiger partial charge in [-0.15, -0.1) is 0 Å². The van der Waals surface area contributed by atoms with Crippen molar-refractivity contribution in [2.45, 2.75) is 38.7 Å². The molecule has 1 saturated carbocycles. The van der Waals surface area contributed by atoms with Crippen molar-refractivity contribution >= 4 is 0 Å². The summed E-state index contributed by atoms with van der Waals surface area (Å²) in [7, 11) is 3.15. The van der Waals surface area contributed by atoms with Crippen LogP contribution in [0.4, 0.5) is 0 Å². The molecule has 0 aliphatic heterocycles. The lowest BCUT2D eigenvalue weighted by atomic mass is 9.67. The van der Waals surface area contributed by atoms with E-state index in [-0.39, 0.29) is 0 Å². The van der Waals surface area contributed by atoms with Crippen molar-refractivity contribution in [1.29, 1.82) is 5.26 Å². The Kier molecular flexibility index (Phi) is 4.74. The van der Waals surface area contributed by atoms with E-state index in [0.29, 0.717) is 35.8 Å². The molecule has 1 aliphatic carbocycles. The van der Waals surface area contributed by atoms with Crippen LogP contribution in [-0.2, 0) is 0 Å². The van der Waals surface area contributed by atoms with E-state index >= 15 is 0 Å². The third-order valence-electron chi connectivity index (χ3n) is 4.64. The van der Waals surface area contributed by atoms with Crippen LogP contribution in [0.25, 0.3) is 0 Å². The van der Waals surface area contributed by atoms with E-state index in [4.69, 9.17) is 9.47 Å². The van der Waals surface area contributed by atoms with E-state index in [1.807, 2.05) is 0 Å². The van der Waals surface area contributed by atoms with Crippen LogP contribution in [0.15, 0.2) is 18.2 Å². The molecule has 0 heterocycles. The lowest BCUT2D eigenvalue weighted by Gasteiger charge is -2.37. The molecule has 21 heavy (non-hydrogen) atoms. The fourth-order valence-corrected chi connectivity index (χ4v) is 3.07. The first-order chi connectivity index (χ1) is 10.1. The highest BCUT2D eigenvalue weighted by Gasteiger charge is 2.42. The van der Waals surface area contributed by atoms with E-state index in [1.165, 1.54) is 0 Å². The molecule has 0 spiro atoms. The zero-order valence-corrected chi connectivity index (χ0v) is 12.9. The molecule has 0 amide bonds. The van der Waals surface area contributed by atoms with Crippen molar-refractivity contribution in [3.8, 4) is 17.6 Å². The molecule has 4 nitrogen and oxygen atoms in total. The third-order valence-corrected chi connectivity index (χ3v) is 4.64. The first-order valence-electron chi connectivity index (χ1n) is 7.37. The number of ether oxygens (including phenoxy) is 2. The molecule has 1 atom stereocenters. The minimum atomic E-state index is -0.861. The lowest BCUT2D eigenvalue weighted by molar-refractivity contribution is 0.0249. The lowest BCUT2D eigenvalue weighted by Crippen LogP contribution is -2.32. The number of nitriles is 1. The number of rotatable bonds is 4. The molecule has 4 heteroatoms. The van der Waals surface area contributed by atoms with E-state index in [2.05, 4.69) is 13.0 Å². The molecular weight excluding hydrogens is 266 g/mol. The molecular formula is C17H23NO3. The summed E-state index contributed by atoms with van der Waals surface area (Å²) in [6.07, 6.45) is 2.51.